The van der Waals surface area contributed by atoms with Crippen LogP contribution in [0.4, 0.5) is 0 Å². The maximum atomic E-state index is 6.29. The van der Waals surface area contributed by atoms with Crippen molar-refractivity contribution in [1.82, 2.24) is 0 Å². The zero-order chi connectivity index (χ0) is 13.7. The molecular formula is C17H21NO. The third kappa shape index (κ3) is 3.58. The third-order valence-corrected chi connectivity index (χ3v) is 3.46. The van der Waals surface area contributed by atoms with Gasteiger partial charge in [0, 0.05) is 6.04 Å². The lowest BCUT2D eigenvalue weighted by Crippen LogP contribution is -2.12. The van der Waals surface area contributed by atoms with Gasteiger partial charge in [0.1, 0.15) is 5.75 Å². The quantitative estimate of drug-likeness (QED) is 0.885. The smallest absolute Gasteiger partial charge is 0.119 e. The fourth-order valence-corrected chi connectivity index (χ4v) is 2.31. The van der Waals surface area contributed by atoms with Crippen LogP contribution in [0.25, 0.3) is 0 Å². The van der Waals surface area contributed by atoms with E-state index in [9.17, 15) is 0 Å². The summed E-state index contributed by atoms with van der Waals surface area (Å²) < 4.78 is 5.22. The topological polar surface area (TPSA) is 35.2 Å². The Hall–Kier alpha value is -1.80. The van der Waals surface area contributed by atoms with Gasteiger partial charge in [-0.2, -0.15) is 0 Å². The Morgan fingerprint density at radius 1 is 1.11 bits per heavy atom. The molecule has 1 unspecified atom stereocenters. The van der Waals surface area contributed by atoms with Crippen molar-refractivity contribution in [2.75, 3.05) is 7.11 Å². The highest BCUT2D eigenvalue weighted by Gasteiger charge is 2.09. The molecule has 2 N–H and O–H groups in total. The summed E-state index contributed by atoms with van der Waals surface area (Å²) in [5.41, 5.74) is 10.0. The molecule has 0 aromatic heterocycles. The molecule has 0 aliphatic heterocycles. The Balaban J connectivity index is 2.02. The van der Waals surface area contributed by atoms with Crippen molar-refractivity contribution >= 4 is 0 Å². The van der Waals surface area contributed by atoms with E-state index in [1.54, 1.807) is 7.11 Å². The summed E-state index contributed by atoms with van der Waals surface area (Å²) in [6.07, 6.45) is 1.96. The van der Waals surface area contributed by atoms with E-state index in [0.717, 1.165) is 18.6 Å². The fraction of sp³-hybridized carbons (Fsp3) is 0.294. The normalized spacial score (nSPS) is 12.2. The maximum Gasteiger partial charge on any atom is 0.119 e. The molecule has 2 aromatic carbocycles. The van der Waals surface area contributed by atoms with Gasteiger partial charge in [-0.1, -0.05) is 36.4 Å². The number of ether oxygens (including phenoxy) is 1. The molecule has 0 fully saturated rings. The van der Waals surface area contributed by atoms with Crippen molar-refractivity contribution in [3.63, 3.8) is 0 Å². The summed E-state index contributed by atoms with van der Waals surface area (Å²) in [6.45, 7) is 2.08. The summed E-state index contributed by atoms with van der Waals surface area (Å²) in [4.78, 5) is 0. The van der Waals surface area contributed by atoms with Crippen LogP contribution in [0.5, 0.6) is 5.75 Å². The minimum atomic E-state index is 0.0751. The van der Waals surface area contributed by atoms with E-state index >= 15 is 0 Å². The average Bonchev–Trinajstić information content (AvgIpc) is 2.45. The zero-order valence-electron chi connectivity index (χ0n) is 11.6. The van der Waals surface area contributed by atoms with Gasteiger partial charge in [-0.3, -0.25) is 0 Å². The van der Waals surface area contributed by atoms with Crippen molar-refractivity contribution < 1.29 is 4.74 Å². The van der Waals surface area contributed by atoms with Crippen molar-refractivity contribution in [1.29, 1.82) is 0 Å². The Labute approximate surface area is 115 Å². The molecule has 2 rings (SSSR count). The van der Waals surface area contributed by atoms with E-state index in [0.29, 0.717) is 0 Å². The van der Waals surface area contributed by atoms with Gasteiger partial charge in [0.2, 0.25) is 0 Å². The molecule has 0 aliphatic carbocycles. The van der Waals surface area contributed by atoms with Crippen LogP contribution in [-0.4, -0.2) is 7.11 Å². The molecule has 100 valence electrons. The van der Waals surface area contributed by atoms with Gasteiger partial charge in [0.25, 0.3) is 0 Å². The highest BCUT2D eigenvalue weighted by molar-refractivity contribution is 5.36. The van der Waals surface area contributed by atoms with Crippen LogP contribution in [0, 0.1) is 6.92 Å². The number of aryl methyl sites for hydroxylation is 2. The SMILES string of the molecule is COc1ccc(C(N)CCc2ccccc2)c(C)c1. The van der Waals surface area contributed by atoms with Crippen molar-refractivity contribution in [2.24, 2.45) is 5.73 Å². The second-order valence-electron chi connectivity index (χ2n) is 4.85. The Bertz CT molecular complexity index is 522. The summed E-state index contributed by atoms with van der Waals surface area (Å²) in [5.74, 6) is 0.886. The third-order valence-electron chi connectivity index (χ3n) is 3.46. The van der Waals surface area contributed by atoms with Crippen LogP contribution >= 0.6 is 0 Å². The molecule has 0 spiro atoms. The largest absolute Gasteiger partial charge is 0.497 e. The summed E-state index contributed by atoms with van der Waals surface area (Å²) in [5, 5.41) is 0. The van der Waals surface area contributed by atoms with Gasteiger partial charge in [-0.15, -0.1) is 0 Å². The molecule has 0 radical (unpaired) electrons. The van der Waals surface area contributed by atoms with Crippen molar-refractivity contribution in [2.45, 2.75) is 25.8 Å². The second kappa shape index (κ2) is 6.39. The first-order valence-electron chi connectivity index (χ1n) is 6.64. The predicted molar refractivity (Wildman–Crippen MR) is 79.4 cm³/mol. The number of benzene rings is 2. The predicted octanol–water partition coefficient (Wildman–Crippen LogP) is 3.64. The molecule has 2 aromatic rings. The van der Waals surface area contributed by atoms with E-state index in [1.807, 2.05) is 18.2 Å². The lowest BCUT2D eigenvalue weighted by Gasteiger charge is -2.15. The molecule has 0 saturated carbocycles. The average molecular weight is 255 g/mol. The van der Waals surface area contributed by atoms with Gasteiger partial charge in [-0.05, 0) is 48.6 Å². The van der Waals surface area contributed by atoms with Crippen LogP contribution in [0.15, 0.2) is 48.5 Å². The standard InChI is InChI=1S/C17H21NO/c1-13-12-15(19-2)9-10-16(13)17(18)11-8-14-6-4-3-5-7-14/h3-7,9-10,12,17H,8,11,18H2,1-2H3. The Kier molecular flexibility index (Phi) is 4.58. The highest BCUT2D eigenvalue weighted by Crippen LogP contribution is 2.24. The van der Waals surface area contributed by atoms with Crippen LogP contribution in [-0.2, 0) is 6.42 Å². The summed E-state index contributed by atoms with van der Waals surface area (Å²) in [6, 6.07) is 16.6. The number of rotatable bonds is 5. The lowest BCUT2D eigenvalue weighted by atomic mass is 9.96. The molecule has 1 atom stereocenters. The number of methoxy groups -OCH3 is 1. The first kappa shape index (κ1) is 13.6. The molecule has 0 saturated heterocycles. The molecule has 2 nitrogen and oxygen atoms in total. The monoisotopic (exact) mass is 255 g/mol. The van der Waals surface area contributed by atoms with Gasteiger partial charge in [0.15, 0.2) is 0 Å². The van der Waals surface area contributed by atoms with Crippen LogP contribution in [0.3, 0.4) is 0 Å². The molecule has 0 aliphatic rings. The highest BCUT2D eigenvalue weighted by atomic mass is 16.5. The Morgan fingerprint density at radius 2 is 1.84 bits per heavy atom. The second-order valence-corrected chi connectivity index (χ2v) is 4.85. The Morgan fingerprint density at radius 3 is 2.47 bits per heavy atom. The zero-order valence-corrected chi connectivity index (χ0v) is 11.6. The first-order valence-corrected chi connectivity index (χ1v) is 6.64. The van der Waals surface area contributed by atoms with Gasteiger partial charge in [-0.25, -0.2) is 0 Å². The molecule has 0 amide bonds. The molecule has 0 heterocycles. The van der Waals surface area contributed by atoms with Gasteiger partial charge < -0.3 is 10.5 Å². The van der Waals surface area contributed by atoms with Gasteiger partial charge >= 0.3 is 0 Å². The van der Waals surface area contributed by atoms with E-state index < -0.39 is 0 Å². The van der Waals surface area contributed by atoms with Crippen molar-refractivity contribution in [3.8, 4) is 5.75 Å². The summed E-state index contributed by atoms with van der Waals surface area (Å²) >= 11 is 0. The molecule has 19 heavy (non-hydrogen) atoms. The fourth-order valence-electron chi connectivity index (χ4n) is 2.31. The van der Waals surface area contributed by atoms with E-state index in [2.05, 4.69) is 37.3 Å². The lowest BCUT2D eigenvalue weighted by molar-refractivity contribution is 0.414. The van der Waals surface area contributed by atoms with E-state index in [4.69, 9.17) is 10.5 Å². The van der Waals surface area contributed by atoms with E-state index in [1.165, 1.54) is 16.7 Å². The van der Waals surface area contributed by atoms with Crippen molar-refractivity contribution in [3.05, 3.63) is 65.2 Å². The summed E-state index contributed by atoms with van der Waals surface area (Å²) in [7, 11) is 1.68. The number of nitrogens with two attached hydrogens (primary N) is 1. The van der Waals surface area contributed by atoms with E-state index in [-0.39, 0.29) is 6.04 Å². The van der Waals surface area contributed by atoms with Crippen LogP contribution in [0.1, 0.15) is 29.2 Å². The minimum absolute atomic E-state index is 0.0751. The molecule has 0 bridgehead atoms. The molecule has 2 heteroatoms. The van der Waals surface area contributed by atoms with Gasteiger partial charge in [0.05, 0.1) is 7.11 Å². The maximum absolute atomic E-state index is 6.29. The number of hydrogen-bond acceptors (Lipinski definition) is 2. The minimum Gasteiger partial charge on any atom is -0.497 e. The molecular weight excluding hydrogens is 234 g/mol. The first-order chi connectivity index (χ1) is 9.20. The van der Waals surface area contributed by atoms with Crippen LogP contribution in [0.2, 0.25) is 0 Å². The van der Waals surface area contributed by atoms with Crippen LogP contribution < -0.4 is 10.5 Å². The number of hydrogen-bond donors (Lipinski definition) is 1.